The van der Waals surface area contributed by atoms with Crippen LogP contribution in [-0.2, 0) is 16.0 Å². The van der Waals surface area contributed by atoms with Crippen LogP contribution >= 0.6 is 15.9 Å². The molecule has 1 heterocycles. The number of hydrogen-bond acceptors (Lipinski definition) is 5. The Morgan fingerprint density at radius 1 is 1.38 bits per heavy atom. The van der Waals surface area contributed by atoms with E-state index in [9.17, 15) is 4.79 Å². The van der Waals surface area contributed by atoms with Gasteiger partial charge in [-0.05, 0) is 51.5 Å². The number of benzene rings is 1. The molecule has 0 aliphatic carbocycles. The first kappa shape index (κ1) is 21.0. The zero-order valence-electron chi connectivity index (χ0n) is 16.0. The molecule has 1 aliphatic rings. The van der Waals surface area contributed by atoms with Crippen LogP contribution in [0.15, 0.2) is 22.7 Å². The monoisotopic (exact) mass is 428 g/mol. The van der Waals surface area contributed by atoms with Crippen molar-refractivity contribution in [1.29, 1.82) is 0 Å². The molecule has 1 amide bonds. The van der Waals surface area contributed by atoms with Gasteiger partial charge < -0.3 is 19.5 Å². The van der Waals surface area contributed by atoms with Gasteiger partial charge in [0.05, 0.1) is 19.3 Å². The highest BCUT2D eigenvalue weighted by molar-refractivity contribution is 9.10. The minimum absolute atomic E-state index is 0.269. The minimum Gasteiger partial charge on any atom is -0.492 e. The number of carbonyl (C=O) groups excluding carboxylic acids is 1. The Hall–Kier alpha value is -1.31. The fourth-order valence-corrected chi connectivity index (χ4v) is 3.24. The fraction of sp³-hybridized carbons (Fsp3) is 0.632. The normalized spacial score (nSPS) is 18.4. The third kappa shape index (κ3) is 7.93. The lowest BCUT2D eigenvalue weighted by Crippen LogP contribution is -2.40. The second-order valence-corrected chi connectivity index (χ2v) is 8.40. The van der Waals surface area contributed by atoms with Crippen molar-refractivity contribution >= 4 is 22.0 Å². The maximum atomic E-state index is 11.6. The summed E-state index contributed by atoms with van der Waals surface area (Å²) in [5, 5.41) is 2.69. The SMILES string of the molecule is CC1CN(Cc2cc(Br)cc(OCCNC(=O)OC(C)(C)C)c2)CCO1. The van der Waals surface area contributed by atoms with Crippen molar-refractivity contribution in [3.05, 3.63) is 28.2 Å². The maximum Gasteiger partial charge on any atom is 0.407 e. The zero-order chi connectivity index (χ0) is 19.2. The van der Waals surface area contributed by atoms with E-state index >= 15 is 0 Å². The molecule has 1 atom stereocenters. The Bertz CT molecular complexity index is 604. The first-order chi connectivity index (χ1) is 12.2. The van der Waals surface area contributed by atoms with Crippen molar-refractivity contribution in [2.45, 2.75) is 45.9 Å². The van der Waals surface area contributed by atoms with Crippen LogP contribution in [0.4, 0.5) is 4.79 Å². The molecule has 1 aromatic rings. The predicted molar refractivity (Wildman–Crippen MR) is 105 cm³/mol. The van der Waals surface area contributed by atoms with E-state index in [2.05, 4.69) is 39.1 Å². The molecule has 146 valence electrons. The molecule has 2 rings (SSSR count). The van der Waals surface area contributed by atoms with Crippen LogP contribution in [0.5, 0.6) is 5.75 Å². The van der Waals surface area contributed by atoms with Crippen molar-refractivity contribution in [1.82, 2.24) is 10.2 Å². The number of rotatable bonds is 6. The number of amides is 1. The Labute approximate surface area is 164 Å². The molecule has 0 saturated carbocycles. The van der Waals surface area contributed by atoms with E-state index in [-0.39, 0.29) is 6.10 Å². The molecule has 0 spiro atoms. The van der Waals surface area contributed by atoms with Gasteiger partial charge in [-0.1, -0.05) is 15.9 Å². The lowest BCUT2D eigenvalue weighted by atomic mass is 10.2. The van der Waals surface area contributed by atoms with Gasteiger partial charge in [-0.3, -0.25) is 4.90 Å². The number of nitrogens with one attached hydrogen (secondary N) is 1. The van der Waals surface area contributed by atoms with Gasteiger partial charge in [0, 0.05) is 24.1 Å². The number of carbonyl (C=O) groups is 1. The average Bonchev–Trinajstić information content (AvgIpc) is 2.49. The molecule has 26 heavy (non-hydrogen) atoms. The van der Waals surface area contributed by atoms with E-state index in [4.69, 9.17) is 14.2 Å². The summed E-state index contributed by atoms with van der Waals surface area (Å²) in [7, 11) is 0. The standard InChI is InChI=1S/C19H29BrN2O4/c1-14-12-22(6-8-24-14)13-15-9-16(20)11-17(10-15)25-7-5-21-18(23)26-19(2,3)4/h9-11,14H,5-8,12-13H2,1-4H3,(H,21,23). The molecule has 1 fully saturated rings. The number of halogens is 1. The summed E-state index contributed by atoms with van der Waals surface area (Å²) >= 11 is 3.54. The largest absolute Gasteiger partial charge is 0.492 e. The third-order valence-corrected chi connectivity index (χ3v) is 4.16. The number of morpholine rings is 1. The van der Waals surface area contributed by atoms with E-state index in [1.54, 1.807) is 0 Å². The molecular weight excluding hydrogens is 400 g/mol. The zero-order valence-corrected chi connectivity index (χ0v) is 17.6. The molecule has 0 bridgehead atoms. The molecule has 1 unspecified atom stereocenters. The van der Waals surface area contributed by atoms with Crippen molar-refractivity contribution in [2.24, 2.45) is 0 Å². The van der Waals surface area contributed by atoms with Gasteiger partial charge >= 0.3 is 6.09 Å². The lowest BCUT2D eigenvalue weighted by Gasteiger charge is -2.31. The van der Waals surface area contributed by atoms with Gasteiger partial charge in [-0.2, -0.15) is 0 Å². The summed E-state index contributed by atoms with van der Waals surface area (Å²) in [5.41, 5.74) is 0.685. The van der Waals surface area contributed by atoms with Crippen molar-refractivity contribution in [3.8, 4) is 5.75 Å². The van der Waals surface area contributed by atoms with Crippen molar-refractivity contribution < 1.29 is 19.0 Å². The molecule has 6 nitrogen and oxygen atoms in total. The summed E-state index contributed by atoms with van der Waals surface area (Å²) in [6.07, 6.45) is -0.164. The molecule has 0 radical (unpaired) electrons. The second kappa shape index (κ2) is 9.58. The van der Waals surface area contributed by atoms with E-state index in [1.165, 1.54) is 5.56 Å². The molecule has 1 N–H and O–H groups in total. The van der Waals surface area contributed by atoms with Crippen LogP contribution in [-0.4, -0.2) is 55.5 Å². The predicted octanol–water partition coefficient (Wildman–Crippen LogP) is 3.57. The number of hydrogen-bond donors (Lipinski definition) is 1. The fourth-order valence-electron chi connectivity index (χ4n) is 2.72. The molecule has 1 aliphatic heterocycles. The lowest BCUT2D eigenvalue weighted by molar-refractivity contribution is -0.0212. The number of nitrogens with zero attached hydrogens (tertiary/aromatic N) is 1. The molecule has 7 heteroatoms. The molecule has 1 saturated heterocycles. The van der Waals surface area contributed by atoms with Gasteiger partial charge in [-0.15, -0.1) is 0 Å². The first-order valence-corrected chi connectivity index (χ1v) is 9.73. The van der Waals surface area contributed by atoms with E-state index in [1.807, 2.05) is 32.9 Å². The summed E-state index contributed by atoms with van der Waals surface area (Å²) < 4.78 is 17.5. The Balaban J connectivity index is 1.80. The highest BCUT2D eigenvalue weighted by Crippen LogP contribution is 2.23. The maximum absolute atomic E-state index is 11.6. The Kier molecular flexibility index (Phi) is 7.73. The molecular formula is C19H29BrN2O4. The van der Waals surface area contributed by atoms with E-state index < -0.39 is 11.7 Å². The highest BCUT2D eigenvalue weighted by Gasteiger charge is 2.17. The van der Waals surface area contributed by atoms with E-state index in [0.717, 1.165) is 36.5 Å². The van der Waals surface area contributed by atoms with Crippen LogP contribution in [0.1, 0.15) is 33.3 Å². The van der Waals surface area contributed by atoms with Crippen molar-refractivity contribution in [3.63, 3.8) is 0 Å². The number of alkyl carbamates (subject to hydrolysis) is 1. The smallest absolute Gasteiger partial charge is 0.407 e. The second-order valence-electron chi connectivity index (χ2n) is 7.49. The summed E-state index contributed by atoms with van der Waals surface area (Å²) in [4.78, 5) is 14.0. The third-order valence-electron chi connectivity index (χ3n) is 3.70. The van der Waals surface area contributed by atoms with Crippen LogP contribution in [0.25, 0.3) is 0 Å². The van der Waals surface area contributed by atoms with Crippen molar-refractivity contribution in [2.75, 3.05) is 32.8 Å². The Morgan fingerprint density at radius 3 is 2.85 bits per heavy atom. The minimum atomic E-state index is -0.499. The highest BCUT2D eigenvalue weighted by atomic mass is 79.9. The van der Waals surface area contributed by atoms with Gasteiger partial charge in [0.25, 0.3) is 0 Å². The van der Waals surface area contributed by atoms with Crippen LogP contribution < -0.4 is 10.1 Å². The van der Waals surface area contributed by atoms with Crippen LogP contribution in [0, 0.1) is 0 Å². The van der Waals surface area contributed by atoms with Gasteiger partial charge in [0.2, 0.25) is 0 Å². The average molecular weight is 429 g/mol. The van der Waals surface area contributed by atoms with Crippen LogP contribution in [0.3, 0.4) is 0 Å². The Morgan fingerprint density at radius 2 is 2.15 bits per heavy atom. The van der Waals surface area contributed by atoms with Gasteiger partial charge in [0.15, 0.2) is 0 Å². The quantitative estimate of drug-likeness (QED) is 0.701. The van der Waals surface area contributed by atoms with E-state index in [0.29, 0.717) is 13.2 Å². The molecule has 1 aromatic carbocycles. The molecule has 0 aromatic heterocycles. The van der Waals surface area contributed by atoms with Gasteiger partial charge in [0.1, 0.15) is 18.0 Å². The summed E-state index contributed by atoms with van der Waals surface area (Å²) in [6, 6.07) is 6.07. The number of ether oxygens (including phenoxy) is 3. The topological polar surface area (TPSA) is 60.0 Å². The summed E-state index contributed by atoms with van der Waals surface area (Å²) in [5.74, 6) is 0.779. The summed E-state index contributed by atoms with van der Waals surface area (Å²) in [6.45, 7) is 11.9. The van der Waals surface area contributed by atoms with Crippen LogP contribution in [0.2, 0.25) is 0 Å². The van der Waals surface area contributed by atoms with Gasteiger partial charge in [-0.25, -0.2) is 4.79 Å². The first-order valence-electron chi connectivity index (χ1n) is 8.94.